The zero-order chi connectivity index (χ0) is 24.9. The predicted octanol–water partition coefficient (Wildman–Crippen LogP) is 6.08. The van der Waals surface area contributed by atoms with Crippen molar-refractivity contribution in [3.05, 3.63) is 62.6 Å². The highest BCUT2D eigenvalue weighted by Gasteiger charge is 2.38. The van der Waals surface area contributed by atoms with E-state index in [2.05, 4.69) is 50.0 Å². The molecule has 2 aromatic rings. The maximum atomic E-state index is 13.3. The molecule has 2 aliphatic heterocycles. The molecule has 4 rings (SSSR count). The molecular formula is C26H27Cl2N3O3. The Hall–Kier alpha value is -2.83. The van der Waals surface area contributed by atoms with Gasteiger partial charge in [-0.2, -0.15) is 0 Å². The number of rotatable bonds is 3. The van der Waals surface area contributed by atoms with E-state index in [9.17, 15) is 14.4 Å². The van der Waals surface area contributed by atoms with Crippen LogP contribution in [0.5, 0.6) is 0 Å². The van der Waals surface area contributed by atoms with Gasteiger partial charge in [-0.1, -0.05) is 30.1 Å². The molecule has 0 bridgehead atoms. The molecule has 6 nitrogen and oxygen atoms in total. The number of carbonyl (C=O) groups excluding carboxylic acids is 3. The van der Waals surface area contributed by atoms with Crippen LogP contribution in [0.3, 0.4) is 0 Å². The number of anilines is 2. The fraction of sp³-hybridized carbons (Fsp3) is 0.346. The molecule has 1 fully saturated rings. The highest BCUT2D eigenvalue weighted by molar-refractivity contribution is 6.43. The number of nitrogens with one attached hydrogen (secondary N) is 1. The molecule has 178 valence electrons. The van der Waals surface area contributed by atoms with Crippen molar-refractivity contribution in [1.82, 2.24) is 5.32 Å². The van der Waals surface area contributed by atoms with Gasteiger partial charge >= 0.3 is 6.03 Å². The van der Waals surface area contributed by atoms with Crippen molar-refractivity contribution >= 4 is 58.5 Å². The first-order chi connectivity index (χ1) is 15.9. The van der Waals surface area contributed by atoms with Crippen molar-refractivity contribution < 1.29 is 14.4 Å². The SMILES string of the molecule is CCN1c2cc(C)c(/C=C3\C(=O)NC(=O)N(c4ccc(Cl)c(Cl)c4)C3=O)cc2[C@@H](C)CC1(C)C. The van der Waals surface area contributed by atoms with E-state index in [0.29, 0.717) is 10.9 Å². The lowest BCUT2D eigenvalue weighted by Gasteiger charge is -2.47. The van der Waals surface area contributed by atoms with Crippen LogP contribution in [0, 0.1) is 6.92 Å². The standard InChI is InChI=1S/C26H27Cl2N3O3/c1-6-30-22-9-14(2)16(10-18(22)15(3)13-26(30,4)5)11-19-23(32)29-25(34)31(24(19)33)17-7-8-20(27)21(28)12-17/h7-12,15H,6,13H2,1-5H3,(H,29,32,34)/b19-11+/t15-/m0/s1. The van der Waals surface area contributed by atoms with E-state index in [1.807, 2.05) is 6.92 Å². The number of fused-ring (bicyclic) bond motifs is 1. The van der Waals surface area contributed by atoms with Crippen LogP contribution >= 0.6 is 23.2 Å². The number of halogens is 2. The van der Waals surface area contributed by atoms with Gasteiger partial charge in [0.15, 0.2) is 0 Å². The molecule has 4 amide bonds. The van der Waals surface area contributed by atoms with Crippen molar-refractivity contribution in [1.29, 1.82) is 0 Å². The summed E-state index contributed by atoms with van der Waals surface area (Å²) in [6.45, 7) is 11.7. The van der Waals surface area contributed by atoms with E-state index >= 15 is 0 Å². The maximum Gasteiger partial charge on any atom is 0.335 e. The Bertz CT molecular complexity index is 1250. The Morgan fingerprint density at radius 1 is 1.12 bits per heavy atom. The lowest BCUT2D eigenvalue weighted by atomic mass is 9.79. The lowest BCUT2D eigenvalue weighted by molar-refractivity contribution is -0.122. The van der Waals surface area contributed by atoms with Gasteiger partial charge in [-0.25, -0.2) is 9.69 Å². The van der Waals surface area contributed by atoms with Gasteiger partial charge in [0.2, 0.25) is 0 Å². The Kier molecular flexibility index (Phi) is 6.25. The average Bonchev–Trinajstić information content (AvgIpc) is 2.73. The Morgan fingerprint density at radius 2 is 1.82 bits per heavy atom. The normalized spacial score (nSPS) is 21.1. The molecule has 0 aromatic heterocycles. The number of amides is 4. The molecule has 1 atom stereocenters. The zero-order valence-corrected chi connectivity index (χ0v) is 21.3. The zero-order valence-electron chi connectivity index (χ0n) is 19.8. The summed E-state index contributed by atoms with van der Waals surface area (Å²) in [5, 5.41) is 2.75. The fourth-order valence-corrected chi connectivity index (χ4v) is 5.37. The van der Waals surface area contributed by atoms with Gasteiger partial charge in [-0.3, -0.25) is 14.9 Å². The van der Waals surface area contributed by atoms with Gasteiger partial charge < -0.3 is 4.90 Å². The van der Waals surface area contributed by atoms with Gasteiger partial charge in [0.1, 0.15) is 5.57 Å². The minimum atomic E-state index is -0.831. The molecule has 0 unspecified atom stereocenters. The van der Waals surface area contributed by atoms with E-state index in [0.717, 1.165) is 29.0 Å². The molecule has 1 N–H and O–H groups in total. The van der Waals surface area contributed by atoms with Crippen molar-refractivity contribution in [2.24, 2.45) is 0 Å². The minimum absolute atomic E-state index is 0.0352. The van der Waals surface area contributed by atoms with Crippen molar-refractivity contribution in [2.75, 3.05) is 16.3 Å². The van der Waals surface area contributed by atoms with Gasteiger partial charge in [-0.05, 0) is 93.1 Å². The van der Waals surface area contributed by atoms with E-state index in [-0.39, 0.29) is 21.8 Å². The van der Waals surface area contributed by atoms with Crippen LogP contribution in [0.2, 0.25) is 10.0 Å². The average molecular weight is 500 g/mol. The molecule has 0 spiro atoms. The van der Waals surface area contributed by atoms with E-state index in [4.69, 9.17) is 23.2 Å². The summed E-state index contributed by atoms with van der Waals surface area (Å²) in [7, 11) is 0. The number of imide groups is 2. The van der Waals surface area contributed by atoms with Crippen molar-refractivity contribution in [2.45, 2.75) is 52.5 Å². The predicted molar refractivity (Wildman–Crippen MR) is 137 cm³/mol. The van der Waals surface area contributed by atoms with Crippen LogP contribution in [-0.4, -0.2) is 29.9 Å². The first kappa shape index (κ1) is 24.3. The van der Waals surface area contributed by atoms with Crippen LogP contribution in [0.4, 0.5) is 16.2 Å². The quantitative estimate of drug-likeness (QED) is 0.410. The van der Waals surface area contributed by atoms with Crippen LogP contribution in [-0.2, 0) is 9.59 Å². The largest absolute Gasteiger partial charge is 0.366 e. The lowest BCUT2D eigenvalue weighted by Crippen LogP contribution is -2.54. The second-order valence-electron chi connectivity index (χ2n) is 9.49. The van der Waals surface area contributed by atoms with Gasteiger partial charge in [-0.15, -0.1) is 0 Å². The number of barbiturate groups is 1. The molecule has 2 aliphatic rings. The Labute approximate surface area is 209 Å². The third kappa shape index (κ3) is 4.10. The van der Waals surface area contributed by atoms with Crippen LogP contribution in [0.25, 0.3) is 6.08 Å². The fourth-order valence-electron chi connectivity index (χ4n) is 5.08. The van der Waals surface area contributed by atoms with Crippen LogP contribution in [0.1, 0.15) is 56.7 Å². The first-order valence-corrected chi connectivity index (χ1v) is 12.0. The third-order valence-electron chi connectivity index (χ3n) is 6.65. The smallest absolute Gasteiger partial charge is 0.335 e. The third-order valence-corrected chi connectivity index (χ3v) is 7.39. The molecule has 2 aromatic carbocycles. The van der Waals surface area contributed by atoms with Crippen molar-refractivity contribution in [3.8, 4) is 0 Å². The maximum absolute atomic E-state index is 13.3. The summed E-state index contributed by atoms with van der Waals surface area (Å²) < 4.78 is 0. The molecule has 0 aliphatic carbocycles. The van der Waals surface area contributed by atoms with E-state index < -0.39 is 17.8 Å². The molecular weight excluding hydrogens is 473 g/mol. The molecule has 1 saturated heterocycles. The Morgan fingerprint density at radius 3 is 2.47 bits per heavy atom. The molecule has 2 heterocycles. The summed E-state index contributed by atoms with van der Waals surface area (Å²) in [5.74, 6) is -1.13. The highest BCUT2D eigenvalue weighted by Crippen LogP contribution is 2.44. The second-order valence-corrected chi connectivity index (χ2v) is 10.3. The number of aryl methyl sites for hydroxylation is 1. The molecule has 0 saturated carbocycles. The first-order valence-electron chi connectivity index (χ1n) is 11.2. The highest BCUT2D eigenvalue weighted by atomic mass is 35.5. The molecule has 8 heteroatoms. The van der Waals surface area contributed by atoms with E-state index in [1.165, 1.54) is 29.4 Å². The van der Waals surface area contributed by atoms with Crippen LogP contribution < -0.4 is 15.1 Å². The second kappa shape index (κ2) is 8.75. The molecule has 34 heavy (non-hydrogen) atoms. The van der Waals surface area contributed by atoms with Gasteiger partial charge in [0, 0.05) is 17.8 Å². The number of urea groups is 1. The van der Waals surface area contributed by atoms with E-state index in [1.54, 1.807) is 6.08 Å². The van der Waals surface area contributed by atoms with Gasteiger partial charge in [0.05, 0.1) is 15.7 Å². The number of carbonyl (C=O) groups is 3. The number of hydrogen-bond donors (Lipinski definition) is 1. The van der Waals surface area contributed by atoms with Gasteiger partial charge in [0.25, 0.3) is 11.8 Å². The summed E-state index contributed by atoms with van der Waals surface area (Å²) in [5.41, 5.74) is 4.21. The monoisotopic (exact) mass is 499 g/mol. The number of nitrogens with zero attached hydrogens (tertiary/aromatic N) is 2. The van der Waals surface area contributed by atoms with Crippen LogP contribution in [0.15, 0.2) is 35.9 Å². The van der Waals surface area contributed by atoms with Crippen molar-refractivity contribution in [3.63, 3.8) is 0 Å². The Balaban J connectivity index is 1.78. The molecule has 0 radical (unpaired) electrons. The topological polar surface area (TPSA) is 69.7 Å². The summed E-state index contributed by atoms with van der Waals surface area (Å²) in [6.07, 6.45) is 2.55. The number of benzene rings is 2. The summed E-state index contributed by atoms with van der Waals surface area (Å²) in [6, 6.07) is 7.77. The minimum Gasteiger partial charge on any atom is -0.366 e. The summed E-state index contributed by atoms with van der Waals surface area (Å²) >= 11 is 12.1. The summed E-state index contributed by atoms with van der Waals surface area (Å²) in [4.78, 5) is 41.7. The number of hydrogen-bond acceptors (Lipinski definition) is 4.